The summed E-state index contributed by atoms with van der Waals surface area (Å²) < 4.78 is 0. The zero-order chi connectivity index (χ0) is 14.7. The third-order valence-corrected chi connectivity index (χ3v) is 4.64. The van der Waals surface area contributed by atoms with Crippen molar-refractivity contribution in [3.05, 3.63) is 53.9 Å². The van der Waals surface area contributed by atoms with Crippen molar-refractivity contribution in [2.45, 2.75) is 23.8 Å². The summed E-state index contributed by atoms with van der Waals surface area (Å²) in [4.78, 5) is 16.5. The highest BCUT2D eigenvalue weighted by molar-refractivity contribution is 8.00. The van der Waals surface area contributed by atoms with Gasteiger partial charge in [0.1, 0.15) is 0 Å². The summed E-state index contributed by atoms with van der Waals surface area (Å²) >= 11 is 1.46. The average molecular weight is 299 g/mol. The van der Waals surface area contributed by atoms with Crippen molar-refractivity contribution in [3.8, 4) is 0 Å². The summed E-state index contributed by atoms with van der Waals surface area (Å²) in [6.07, 6.45) is 3.94. The molecule has 0 fully saturated rings. The molecule has 1 atom stereocenters. The van der Waals surface area contributed by atoms with Crippen molar-refractivity contribution in [1.29, 1.82) is 0 Å². The smallest absolute Gasteiger partial charge is 0.227 e. The highest BCUT2D eigenvalue weighted by Crippen LogP contribution is 2.35. The number of nitrogens with two attached hydrogens (primary N) is 1. The van der Waals surface area contributed by atoms with E-state index in [1.807, 2.05) is 36.5 Å². The number of carbonyl (C=O) groups excluding carboxylic acids is 1. The topological polar surface area (TPSA) is 68.0 Å². The van der Waals surface area contributed by atoms with Crippen molar-refractivity contribution < 1.29 is 4.79 Å². The van der Waals surface area contributed by atoms with E-state index in [9.17, 15) is 4.79 Å². The molecule has 1 aromatic carbocycles. The fourth-order valence-corrected chi connectivity index (χ4v) is 3.36. The predicted octanol–water partition coefficient (Wildman–Crippen LogP) is 2.76. The summed E-state index contributed by atoms with van der Waals surface area (Å²) in [6, 6.07) is 12.3. The van der Waals surface area contributed by atoms with E-state index in [4.69, 9.17) is 5.73 Å². The van der Waals surface area contributed by atoms with Crippen molar-refractivity contribution in [3.63, 3.8) is 0 Å². The molecule has 0 saturated heterocycles. The molecule has 21 heavy (non-hydrogen) atoms. The Kier molecular flexibility index (Phi) is 4.10. The van der Waals surface area contributed by atoms with Crippen LogP contribution >= 0.6 is 11.8 Å². The van der Waals surface area contributed by atoms with Gasteiger partial charge in [0.25, 0.3) is 0 Å². The monoisotopic (exact) mass is 299 g/mol. The molecular formula is C16H17N3OS. The standard InChI is InChI=1S/C16H17N3OS/c17-15(20)10-21-14-6-2-1-5-12(14)19-13-8-7-11-4-3-9-18-16(11)13/h1-6,9,13,19H,7-8,10H2,(H2,17,20). The van der Waals surface area contributed by atoms with E-state index in [2.05, 4.69) is 16.4 Å². The lowest BCUT2D eigenvalue weighted by Crippen LogP contribution is -2.13. The summed E-state index contributed by atoms with van der Waals surface area (Å²) in [7, 11) is 0. The molecule has 0 aliphatic heterocycles. The maximum absolute atomic E-state index is 11.0. The number of pyridine rings is 1. The Bertz CT molecular complexity index is 659. The second-order valence-corrected chi connectivity index (χ2v) is 6.05. The van der Waals surface area contributed by atoms with E-state index in [1.54, 1.807) is 0 Å². The number of carbonyl (C=O) groups is 1. The van der Waals surface area contributed by atoms with Crippen LogP contribution in [0.1, 0.15) is 23.7 Å². The molecule has 0 radical (unpaired) electrons. The van der Waals surface area contributed by atoms with Gasteiger partial charge in [-0.3, -0.25) is 9.78 Å². The van der Waals surface area contributed by atoms with Gasteiger partial charge in [0, 0.05) is 16.8 Å². The summed E-state index contributed by atoms with van der Waals surface area (Å²) in [5.41, 5.74) is 8.71. The molecule has 1 amide bonds. The van der Waals surface area contributed by atoms with Gasteiger partial charge >= 0.3 is 0 Å². The van der Waals surface area contributed by atoms with Crippen LogP contribution in [0.3, 0.4) is 0 Å². The number of rotatable bonds is 5. The summed E-state index contributed by atoms with van der Waals surface area (Å²) in [5.74, 6) is -0.0132. The highest BCUT2D eigenvalue weighted by atomic mass is 32.2. The lowest BCUT2D eigenvalue weighted by molar-refractivity contribution is -0.115. The van der Waals surface area contributed by atoms with E-state index in [-0.39, 0.29) is 17.7 Å². The minimum absolute atomic E-state index is 0.233. The molecule has 4 nitrogen and oxygen atoms in total. The van der Waals surface area contributed by atoms with E-state index < -0.39 is 0 Å². The first-order valence-electron chi connectivity index (χ1n) is 6.94. The molecule has 2 aromatic rings. The van der Waals surface area contributed by atoms with Gasteiger partial charge in [-0.2, -0.15) is 0 Å². The number of fused-ring (bicyclic) bond motifs is 1. The SMILES string of the molecule is NC(=O)CSc1ccccc1NC1CCc2cccnc21. The Morgan fingerprint density at radius 2 is 2.19 bits per heavy atom. The number of primary amides is 1. The van der Waals surface area contributed by atoms with Crippen LogP contribution in [-0.2, 0) is 11.2 Å². The number of hydrogen-bond acceptors (Lipinski definition) is 4. The third-order valence-electron chi connectivity index (χ3n) is 3.55. The van der Waals surface area contributed by atoms with E-state index in [0.29, 0.717) is 0 Å². The molecule has 108 valence electrons. The van der Waals surface area contributed by atoms with Gasteiger partial charge in [0.15, 0.2) is 0 Å². The van der Waals surface area contributed by atoms with Crippen molar-refractivity contribution in [2.75, 3.05) is 11.1 Å². The van der Waals surface area contributed by atoms with Crippen LogP contribution in [0.15, 0.2) is 47.5 Å². The number of anilines is 1. The Labute approximate surface area is 128 Å². The molecule has 1 unspecified atom stereocenters. The van der Waals surface area contributed by atoms with Gasteiger partial charge in [-0.05, 0) is 36.6 Å². The molecule has 0 saturated carbocycles. The van der Waals surface area contributed by atoms with Crippen LogP contribution in [0, 0.1) is 0 Å². The zero-order valence-corrected chi connectivity index (χ0v) is 12.4. The lowest BCUT2D eigenvalue weighted by Gasteiger charge is -2.17. The zero-order valence-electron chi connectivity index (χ0n) is 11.6. The highest BCUT2D eigenvalue weighted by Gasteiger charge is 2.23. The first kappa shape index (κ1) is 13.9. The van der Waals surface area contributed by atoms with Gasteiger partial charge in [0.05, 0.1) is 17.5 Å². The fraction of sp³-hybridized carbons (Fsp3) is 0.250. The van der Waals surface area contributed by atoms with Gasteiger partial charge in [0.2, 0.25) is 5.91 Å². The number of nitrogens with zero attached hydrogens (tertiary/aromatic N) is 1. The summed E-state index contributed by atoms with van der Waals surface area (Å²) in [5, 5.41) is 3.55. The predicted molar refractivity (Wildman–Crippen MR) is 85.3 cm³/mol. The van der Waals surface area contributed by atoms with Crippen molar-refractivity contribution in [2.24, 2.45) is 5.73 Å². The van der Waals surface area contributed by atoms with Crippen LogP contribution in [0.25, 0.3) is 0 Å². The average Bonchev–Trinajstić information content (AvgIpc) is 2.90. The second-order valence-electron chi connectivity index (χ2n) is 5.03. The first-order chi connectivity index (χ1) is 10.2. The molecule has 5 heteroatoms. The van der Waals surface area contributed by atoms with Gasteiger partial charge in [-0.25, -0.2) is 0 Å². The molecular weight excluding hydrogens is 282 g/mol. The largest absolute Gasteiger partial charge is 0.376 e. The number of hydrogen-bond donors (Lipinski definition) is 2. The lowest BCUT2D eigenvalue weighted by atomic mass is 10.2. The first-order valence-corrected chi connectivity index (χ1v) is 7.93. The van der Waals surface area contributed by atoms with Gasteiger partial charge < -0.3 is 11.1 Å². The van der Waals surface area contributed by atoms with Crippen LogP contribution < -0.4 is 11.1 Å². The molecule has 0 bridgehead atoms. The maximum atomic E-state index is 11.0. The second kappa shape index (κ2) is 6.18. The van der Waals surface area contributed by atoms with Crippen LogP contribution in [0.2, 0.25) is 0 Å². The molecule has 1 aliphatic rings. The molecule has 3 N–H and O–H groups in total. The minimum atomic E-state index is -0.303. The number of aromatic nitrogens is 1. The molecule has 0 spiro atoms. The fourth-order valence-electron chi connectivity index (χ4n) is 2.60. The van der Waals surface area contributed by atoms with E-state index >= 15 is 0 Å². The van der Waals surface area contributed by atoms with Crippen molar-refractivity contribution >= 4 is 23.4 Å². The normalized spacial score (nSPS) is 16.5. The van der Waals surface area contributed by atoms with Gasteiger partial charge in [-0.1, -0.05) is 18.2 Å². The maximum Gasteiger partial charge on any atom is 0.227 e. The molecule has 1 aliphatic carbocycles. The van der Waals surface area contributed by atoms with Crippen LogP contribution in [0.4, 0.5) is 5.69 Å². The Balaban J connectivity index is 1.78. The number of nitrogens with one attached hydrogen (secondary N) is 1. The number of aryl methyl sites for hydroxylation is 1. The Hall–Kier alpha value is -2.01. The van der Waals surface area contributed by atoms with Gasteiger partial charge in [-0.15, -0.1) is 11.8 Å². The minimum Gasteiger partial charge on any atom is -0.376 e. The number of amides is 1. The molecule has 1 aromatic heterocycles. The summed E-state index contributed by atoms with van der Waals surface area (Å²) in [6.45, 7) is 0. The quantitative estimate of drug-likeness (QED) is 0.833. The Morgan fingerprint density at radius 1 is 1.33 bits per heavy atom. The number of thioether (sulfide) groups is 1. The van der Waals surface area contributed by atoms with E-state index in [0.717, 1.165) is 29.1 Å². The molecule has 1 heterocycles. The third kappa shape index (κ3) is 3.19. The number of para-hydroxylation sites is 1. The Morgan fingerprint density at radius 3 is 3.05 bits per heavy atom. The van der Waals surface area contributed by atoms with Crippen LogP contribution in [-0.4, -0.2) is 16.6 Å². The van der Waals surface area contributed by atoms with E-state index in [1.165, 1.54) is 17.3 Å². The van der Waals surface area contributed by atoms with Crippen LogP contribution in [0.5, 0.6) is 0 Å². The number of benzene rings is 1. The van der Waals surface area contributed by atoms with Crippen molar-refractivity contribution in [1.82, 2.24) is 4.98 Å². The molecule has 3 rings (SSSR count).